The number of amides is 1. The van der Waals surface area contributed by atoms with Crippen LogP contribution in [-0.4, -0.2) is 38.7 Å². The van der Waals surface area contributed by atoms with Crippen molar-refractivity contribution < 1.29 is 23.8 Å². The maximum absolute atomic E-state index is 12.2. The molecule has 0 atom stereocenters. The van der Waals surface area contributed by atoms with E-state index in [1.807, 2.05) is 49.4 Å². The Morgan fingerprint density at radius 2 is 1.84 bits per heavy atom. The number of carbonyl (C=O) groups excluding carboxylic acids is 2. The van der Waals surface area contributed by atoms with Gasteiger partial charge in [0.15, 0.2) is 24.7 Å². The van der Waals surface area contributed by atoms with Crippen molar-refractivity contribution in [2.24, 2.45) is 0 Å². The van der Waals surface area contributed by atoms with Crippen LogP contribution in [0.25, 0.3) is 6.08 Å². The molecule has 1 fully saturated rings. The van der Waals surface area contributed by atoms with Gasteiger partial charge in [-0.2, -0.15) is 0 Å². The van der Waals surface area contributed by atoms with Crippen molar-refractivity contribution in [3.05, 3.63) is 65.7 Å². The lowest BCUT2D eigenvalue weighted by molar-refractivity contribution is -0.150. The molecule has 0 aromatic heterocycles. The molecular formula is C25H29NO5. The smallest absolute Gasteiger partial charge is 0.344 e. The van der Waals surface area contributed by atoms with Crippen molar-refractivity contribution in [1.29, 1.82) is 0 Å². The fourth-order valence-electron chi connectivity index (χ4n) is 3.71. The van der Waals surface area contributed by atoms with E-state index in [1.165, 1.54) is 12.7 Å². The van der Waals surface area contributed by atoms with E-state index in [4.69, 9.17) is 14.2 Å². The van der Waals surface area contributed by atoms with Crippen LogP contribution in [0, 0.1) is 0 Å². The molecule has 0 saturated heterocycles. The Bertz CT molecular complexity index is 919. The van der Waals surface area contributed by atoms with Gasteiger partial charge in [0.1, 0.15) is 0 Å². The number of carbonyl (C=O) groups is 2. The molecule has 0 aliphatic heterocycles. The summed E-state index contributed by atoms with van der Waals surface area (Å²) in [5.74, 6) is 0.0276. The second-order valence-electron chi connectivity index (χ2n) is 7.64. The van der Waals surface area contributed by atoms with Gasteiger partial charge < -0.3 is 19.5 Å². The highest BCUT2D eigenvalue weighted by atomic mass is 16.6. The summed E-state index contributed by atoms with van der Waals surface area (Å²) < 4.78 is 15.9. The van der Waals surface area contributed by atoms with E-state index in [-0.39, 0.29) is 24.5 Å². The quantitative estimate of drug-likeness (QED) is 0.587. The van der Waals surface area contributed by atoms with Crippen molar-refractivity contribution >= 4 is 18.0 Å². The molecule has 2 aromatic carbocycles. The minimum atomic E-state index is -0.615. The highest BCUT2D eigenvalue weighted by molar-refractivity contribution is 5.81. The van der Waals surface area contributed by atoms with Gasteiger partial charge >= 0.3 is 5.97 Å². The third-order valence-electron chi connectivity index (χ3n) is 5.58. The summed E-state index contributed by atoms with van der Waals surface area (Å²) in [6.07, 6.45) is 7.09. The van der Waals surface area contributed by atoms with Crippen LogP contribution in [-0.2, 0) is 19.7 Å². The number of allylic oxidation sites excluding steroid dienone is 1. The van der Waals surface area contributed by atoms with E-state index < -0.39 is 5.97 Å². The number of nitrogens with one attached hydrogen (secondary N) is 1. The molecule has 0 radical (unpaired) electrons. The topological polar surface area (TPSA) is 73.9 Å². The van der Waals surface area contributed by atoms with Gasteiger partial charge in [0.05, 0.1) is 7.11 Å². The zero-order valence-electron chi connectivity index (χ0n) is 18.1. The summed E-state index contributed by atoms with van der Waals surface area (Å²) in [4.78, 5) is 24.2. The third-order valence-corrected chi connectivity index (χ3v) is 5.58. The lowest BCUT2D eigenvalue weighted by Gasteiger charge is -2.42. The van der Waals surface area contributed by atoms with Gasteiger partial charge in [-0.1, -0.05) is 55.0 Å². The van der Waals surface area contributed by atoms with Crippen molar-refractivity contribution in [2.45, 2.75) is 31.6 Å². The molecule has 0 bridgehead atoms. The van der Waals surface area contributed by atoms with Crippen LogP contribution in [0.4, 0.5) is 0 Å². The van der Waals surface area contributed by atoms with Gasteiger partial charge in [-0.15, -0.1) is 0 Å². The molecule has 1 aliphatic carbocycles. The van der Waals surface area contributed by atoms with Crippen LogP contribution in [0.3, 0.4) is 0 Å². The summed E-state index contributed by atoms with van der Waals surface area (Å²) in [7, 11) is 1.54. The summed E-state index contributed by atoms with van der Waals surface area (Å²) in [6, 6.07) is 15.6. The number of rotatable bonds is 10. The number of ether oxygens (including phenoxy) is 3. The average Bonchev–Trinajstić information content (AvgIpc) is 2.77. The van der Waals surface area contributed by atoms with Crippen molar-refractivity contribution in [2.75, 3.05) is 26.9 Å². The van der Waals surface area contributed by atoms with E-state index in [0.717, 1.165) is 24.8 Å². The van der Waals surface area contributed by atoms with Crippen LogP contribution >= 0.6 is 0 Å². The summed E-state index contributed by atoms with van der Waals surface area (Å²) in [6.45, 7) is 1.83. The highest BCUT2D eigenvalue weighted by Crippen LogP contribution is 2.43. The average molecular weight is 424 g/mol. The Labute approximate surface area is 183 Å². The van der Waals surface area contributed by atoms with Gasteiger partial charge in [-0.05, 0) is 43.0 Å². The Kier molecular flexibility index (Phi) is 7.70. The van der Waals surface area contributed by atoms with Crippen LogP contribution in [0.15, 0.2) is 54.6 Å². The Balaban J connectivity index is 1.43. The van der Waals surface area contributed by atoms with Gasteiger partial charge in [-0.3, -0.25) is 4.79 Å². The second kappa shape index (κ2) is 10.7. The lowest BCUT2D eigenvalue weighted by atomic mass is 9.64. The predicted octanol–water partition coefficient (Wildman–Crippen LogP) is 3.89. The molecular weight excluding hydrogens is 394 g/mol. The maximum atomic E-state index is 12.2. The van der Waals surface area contributed by atoms with Gasteiger partial charge in [0.25, 0.3) is 5.91 Å². The lowest BCUT2D eigenvalue weighted by Crippen LogP contribution is -2.46. The van der Waals surface area contributed by atoms with Crippen LogP contribution < -0.4 is 14.8 Å². The molecule has 31 heavy (non-hydrogen) atoms. The fraction of sp³-hybridized carbons (Fsp3) is 0.360. The first-order valence-corrected chi connectivity index (χ1v) is 10.5. The summed E-state index contributed by atoms with van der Waals surface area (Å²) in [5.41, 5.74) is 2.19. The van der Waals surface area contributed by atoms with Crippen molar-refractivity contribution in [3.63, 3.8) is 0 Å². The molecule has 3 rings (SSSR count). The molecule has 6 nitrogen and oxygen atoms in total. The minimum Gasteiger partial charge on any atom is -0.493 e. The molecule has 164 valence electrons. The molecule has 1 amide bonds. The summed E-state index contributed by atoms with van der Waals surface area (Å²) >= 11 is 0. The number of hydrogen-bond acceptors (Lipinski definition) is 5. The SMILES string of the molecule is C/C=C/c1ccc(OCC(=O)OCC(=O)NCC2(c3ccccc3)CCC2)c(OC)c1. The number of benzene rings is 2. The van der Waals surface area contributed by atoms with E-state index in [1.54, 1.807) is 6.07 Å². The van der Waals surface area contributed by atoms with Gasteiger partial charge in [-0.25, -0.2) is 4.79 Å². The highest BCUT2D eigenvalue weighted by Gasteiger charge is 2.38. The summed E-state index contributed by atoms with van der Waals surface area (Å²) in [5, 5.41) is 2.91. The van der Waals surface area contributed by atoms with Crippen LogP contribution in [0.1, 0.15) is 37.3 Å². The molecule has 0 unspecified atom stereocenters. The van der Waals surface area contributed by atoms with E-state index in [0.29, 0.717) is 18.0 Å². The molecule has 1 saturated carbocycles. The normalized spacial score (nSPS) is 14.5. The Morgan fingerprint density at radius 1 is 1.06 bits per heavy atom. The second-order valence-corrected chi connectivity index (χ2v) is 7.64. The van der Waals surface area contributed by atoms with E-state index >= 15 is 0 Å². The maximum Gasteiger partial charge on any atom is 0.344 e. The van der Waals surface area contributed by atoms with Crippen LogP contribution in [0.5, 0.6) is 11.5 Å². The number of esters is 1. The van der Waals surface area contributed by atoms with Crippen LogP contribution in [0.2, 0.25) is 0 Å². The molecule has 0 spiro atoms. The molecule has 1 N–H and O–H groups in total. The van der Waals surface area contributed by atoms with E-state index in [9.17, 15) is 9.59 Å². The zero-order valence-corrected chi connectivity index (χ0v) is 18.1. The van der Waals surface area contributed by atoms with Crippen molar-refractivity contribution in [3.8, 4) is 11.5 Å². The fourth-order valence-corrected chi connectivity index (χ4v) is 3.71. The van der Waals surface area contributed by atoms with Gasteiger partial charge in [0.2, 0.25) is 0 Å². The molecule has 1 aliphatic rings. The first-order chi connectivity index (χ1) is 15.1. The largest absolute Gasteiger partial charge is 0.493 e. The Morgan fingerprint density at radius 3 is 2.48 bits per heavy atom. The van der Waals surface area contributed by atoms with E-state index in [2.05, 4.69) is 17.4 Å². The first-order valence-electron chi connectivity index (χ1n) is 10.5. The first kappa shape index (κ1) is 22.4. The minimum absolute atomic E-state index is 0.0142. The molecule has 0 heterocycles. The monoisotopic (exact) mass is 423 g/mol. The van der Waals surface area contributed by atoms with Gasteiger partial charge in [0, 0.05) is 12.0 Å². The standard InChI is InChI=1S/C25H29NO5/c1-3-8-19-11-12-21(22(15-19)29-2)30-17-24(28)31-16-23(27)26-18-25(13-7-14-25)20-9-5-4-6-10-20/h3-6,8-12,15H,7,13-14,16-18H2,1-2H3,(H,26,27)/b8-3+. The predicted molar refractivity (Wildman–Crippen MR) is 119 cm³/mol. The number of methoxy groups -OCH3 is 1. The Hall–Kier alpha value is -3.28. The number of hydrogen-bond donors (Lipinski definition) is 1. The molecule has 6 heteroatoms. The third kappa shape index (κ3) is 5.87. The van der Waals surface area contributed by atoms with Crippen molar-refractivity contribution in [1.82, 2.24) is 5.32 Å². The molecule has 2 aromatic rings. The zero-order chi connectivity index (χ0) is 22.1.